The summed E-state index contributed by atoms with van der Waals surface area (Å²) >= 11 is 0. The summed E-state index contributed by atoms with van der Waals surface area (Å²) in [6.07, 6.45) is -0.878. The molecule has 5 nitrogen and oxygen atoms in total. The number of carbonyl (C=O) groups excluding carboxylic acids is 1. The average molecular weight is 285 g/mol. The fraction of sp³-hybridized carbons (Fsp3) is 0.385. The SMILES string of the molecule is O=C(O)C[C@H]1CN(C(=O)c2cc(F)ccc2F)CCO1. The number of aliphatic carboxylic acids is 1. The Morgan fingerprint density at radius 3 is 2.85 bits per heavy atom. The smallest absolute Gasteiger partial charge is 0.306 e. The van der Waals surface area contributed by atoms with Crippen molar-refractivity contribution in [1.82, 2.24) is 4.90 Å². The first kappa shape index (κ1) is 14.4. The first-order valence-electron chi connectivity index (χ1n) is 6.05. The van der Waals surface area contributed by atoms with E-state index in [1.54, 1.807) is 0 Å². The van der Waals surface area contributed by atoms with Gasteiger partial charge in [0.05, 0.1) is 24.7 Å². The lowest BCUT2D eigenvalue weighted by molar-refractivity contribution is -0.141. The van der Waals surface area contributed by atoms with Crippen molar-refractivity contribution in [2.75, 3.05) is 19.7 Å². The van der Waals surface area contributed by atoms with Gasteiger partial charge in [-0.1, -0.05) is 0 Å². The normalized spacial score (nSPS) is 18.9. The summed E-state index contributed by atoms with van der Waals surface area (Å²) in [6.45, 7) is 0.423. The highest BCUT2D eigenvalue weighted by Crippen LogP contribution is 2.16. The van der Waals surface area contributed by atoms with Crippen molar-refractivity contribution in [3.05, 3.63) is 35.4 Å². The molecule has 1 fully saturated rings. The monoisotopic (exact) mass is 285 g/mol. The van der Waals surface area contributed by atoms with Gasteiger partial charge in [-0.15, -0.1) is 0 Å². The Kier molecular flexibility index (Phi) is 4.29. The van der Waals surface area contributed by atoms with Crippen LogP contribution in [0.4, 0.5) is 8.78 Å². The van der Waals surface area contributed by atoms with Gasteiger partial charge in [0.25, 0.3) is 5.91 Å². The zero-order valence-electron chi connectivity index (χ0n) is 10.5. The van der Waals surface area contributed by atoms with E-state index in [9.17, 15) is 18.4 Å². The molecular weight excluding hydrogens is 272 g/mol. The molecule has 1 N–H and O–H groups in total. The number of halogens is 2. The molecule has 0 spiro atoms. The molecule has 1 aromatic rings. The van der Waals surface area contributed by atoms with Crippen molar-refractivity contribution in [1.29, 1.82) is 0 Å². The van der Waals surface area contributed by atoms with Gasteiger partial charge in [0.2, 0.25) is 0 Å². The second-order valence-corrected chi connectivity index (χ2v) is 4.47. The van der Waals surface area contributed by atoms with Crippen LogP contribution in [-0.2, 0) is 9.53 Å². The maximum Gasteiger partial charge on any atom is 0.306 e. The second kappa shape index (κ2) is 5.96. The molecule has 1 heterocycles. The molecule has 1 aromatic carbocycles. The number of morpholine rings is 1. The summed E-state index contributed by atoms with van der Waals surface area (Å²) in [5, 5.41) is 8.70. The van der Waals surface area contributed by atoms with Crippen molar-refractivity contribution < 1.29 is 28.2 Å². The van der Waals surface area contributed by atoms with Gasteiger partial charge in [-0.2, -0.15) is 0 Å². The van der Waals surface area contributed by atoms with Gasteiger partial charge < -0.3 is 14.7 Å². The van der Waals surface area contributed by atoms with Gasteiger partial charge in [0, 0.05) is 13.1 Å². The number of ether oxygens (including phenoxy) is 1. The topological polar surface area (TPSA) is 66.8 Å². The third kappa shape index (κ3) is 3.30. The molecular formula is C13H13F2NO4. The van der Waals surface area contributed by atoms with E-state index in [1.165, 1.54) is 4.90 Å². The van der Waals surface area contributed by atoms with Gasteiger partial charge in [0.1, 0.15) is 11.6 Å². The van der Waals surface area contributed by atoms with Crippen LogP contribution in [0.15, 0.2) is 18.2 Å². The molecule has 0 bridgehead atoms. The number of carboxylic acid groups (broad SMARTS) is 1. The molecule has 0 aliphatic carbocycles. The number of nitrogens with zero attached hydrogens (tertiary/aromatic N) is 1. The Morgan fingerprint density at radius 1 is 1.40 bits per heavy atom. The van der Waals surface area contributed by atoms with Crippen LogP contribution in [0.2, 0.25) is 0 Å². The van der Waals surface area contributed by atoms with E-state index in [0.29, 0.717) is 0 Å². The molecule has 1 amide bonds. The van der Waals surface area contributed by atoms with Gasteiger partial charge in [-0.25, -0.2) is 8.78 Å². The highest BCUT2D eigenvalue weighted by Gasteiger charge is 2.28. The summed E-state index contributed by atoms with van der Waals surface area (Å²) in [5.74, 6) is -3.22. The minimum absolute atomic E-state index is 0.0427. The molecule has 108 valence electrons. The number of carbonyl (C=O) groups is 2. The molecule has 2 rings (SSSR count). The Labute approximate surface area is 113 Å². The van der Waals surface area contributed by atoms with E-state index in [1.807, 2.05) is 0 Å². The Hall–Kier alpha value is -2.02. The highest BCUT2D eigenvalue weighted by atomic mass is 19.1. The van der Waals surface area contributed by atoms with E-state index >= 15 is 0 Å². The predicted octanol–water partition coefficient (Wildman–Crippen LogP) is 1.28. The van der Waals surface area contributed by atoms with E-state index in [0.717, 1.165) is 18.2 Å². The number of carboxylic acids is 1. The Bertz CT molecular complexity index is 535. The summed E-state index contributed by atoms with van der Waals surface area (Å²) < 4.78 is 31.8. The molecule has 20 heavy (non-hydrogen) atoms. The van der Waals surface area contributed by atoms with Crippen LogP contribution < -0.4 is 0 Å². The molecule has 1 atom stereocenters. The predicted molar refractivity (Wildman–Crippen MR) is 64.3 cm³/mol. The van der Waals surface area contributed by atoms with E-state index in [2.05, 4.69) is 0 Å². The maximum atomic E-state index is 13.5. The minimum Gasteiger partial charge on any atom is -0.481 e. The standard InChI is InChI=1S/C13H13F2NO4/c14-8-1-2-11(15)10(5-8)13(19)16-3-4-20-9(7-16)6-12(17)18/h1-2,5,9H,3-4,6-7H2,(H,17,18)/t9-/m0/s1. The summed E-state index contributed by atoms with van der Waals surface area (Å²) in [6, 6.07) is 2.65. The zero-order chi connectivity index (χ0) is 14.7. The van der Waals surface area contributed by atoms with Crippen LogP contribution in [0.1, 0.15) is 16.8 Å². The third-order valence-corrected chi connectivity index (χ3v) is 2.99. The lowest BCUT2D eigenvalue weighted by atomic mass is 10.1. The summed E-state index contributed by atoms with van der Waals surface area (Å²) in [5.41, 5.74) is -0.360. The third-order valence-electron chi connectivity index (χ3n) is 2.99. The summed E-state index contributed by atoms with van der Waals surface area (Å²) in [4.78, 5) is 24.0. The lowest BCUT2D eigenvalue weighted by Gasteiger charge is -2.32. The number of hydrogen-bond donors (Lipinski definition) is 1. The molecule has 0 unspecified atom stereocenters. The van der Waals surface area contributed by atoms with Crippen molar-refractivity contribution in [3.63, 3.8) is 0 Å². The van der Waals surface area contributed by atoms with Crippen LogP contribution in [0.5, 0.6) is 0 Å². The Morgan fingerprint density at radius 2 is 2.15 bits per heavy atom. The second-order valence-electron chi connectivity index (χ2n) is 4.47. The maximum absolute atomic E-state index is 13.5. The first-order chi connectivity index (χ1) is 9.47. The molecule has 1 aliphatic rings. The quantitative estimate of drug-likeness (QED) is 0.908. The molecule has 0 radical (unpaired) electrons. The fourth-order valence-corrected chi connectivity index (χ4v) is 2.05. The van der Waals surface area contributed by atoms with Crippen molar-refractivity contribution in [2.45, 2.75) is 12.5 Å². The van der Waals surface area contributed by atoms with Crippen LogP contribution >= 0.6 is 0 Å². The number of benzene rings is 1. The molecule has 7 heteroatoms. The van der Waals surface area contributed by atoms with E-state index < -0.39 is 29.6 Å². The van der Waals surface area contributed by atoms with Gasteiger partial charge >= 0.3 is 5.97 Å². The Balaban J connectivity index is 2.12. The van der Waals surface area contributed by atoms with Gasteiger partial charge in [0.15, 0.2) is 0 Å². The lowest BCUT2D eigenvalue weighted by Crippen LogP contribution is -2.46. The zero-order valence-corrected chi connectivity index (χ0v) is 10.5. The largest absolute Gasteiger partial charge is 0.481 e. The van der Waals surface area contributed by atoms with Crippen molar-refractivity contribution in [2.24, 2.45) is 0 Å². The average Bonchev–Trinajstić information content (AvgIpc) is 2.40. The highest BCUT2D eigenvalue weighted by molar-refractivity contribution is 5.94. The van der Waals surface area contributed by atoms with Gasteiger partial charge in [-0.05, 0) is 18.2 Å². The molecule has 0 aromatic heterocycles. The first-order valence-corrected chi connectivity index (χ1v) is 6.05. The molecule has 0 saturated carbocycles. The summed E-state index contributed by atoms with van der Waals surface area (Å²) in [7, 11) is 0. The minimum atomic E-state index is -1.04. The van der Waals surface area contributed by atoms with E-state index in [4.69, 9.17) is 9.84 Å². The number of rotatable bonds is 3. The number of amides is 1. The van der Waals surface area contributed by atoms with Crippen LogP contribution in [-0.4, -0.2) is 47.7 Å². The van der Waals surface area contributed by atoms with Crippen molar-refractivity contribution in [3.8, 4) is 0 Å². The van der Waals surface area contributed by atoms with Crippen LogP contribution in [0.3, 0.4) is 0 Å². The van der Waals surface area contributed by atoms with Crippen LogP contribution in [0.25, 0.3) is 0 Å². The van der Waals surface area contributed by atoms with E-state index in [-0.39, 0.29) is 31.7 Å². The molecule has 1 aliphatic heterocycles. The van der Waals surface area contributed by atoms with Gasteiger partial charge in [-0.3, -0.25) is 9.59 Å². The molecule has 1 saturated heterocycles. The van der Waals surface area contributed by atoms with Crippen LogP contribution in [0, 0.1) is 11.6 Å². The fourth-order valence-electron chi connectivity index (χ4n) is 2.05. The van der Waals surface area contributed by atoms with Crippen molar-refractivity contribution >= 4 is 11.9 Å². The number of hydrogen-bond acceptors (Lipinski definition) is 3.